The van der Waals surface area contributed by atoms with Crippen LogP contribution in [0.5, 0.6) is 0 Å². The number of aromatic nitrogens is 3. The fraction of sp³-hybridized carbons (Fsp3) is 0.200. The van der Waals surface area contributed by atoms with Gasteiger partial charge in [0, 0.05) is 19.0 Å². The molecule has 1 heterocycles. The molecule has 0 aliphatic carbocycles. The molecule has 1 aromatic carbocycles. The zero-order valence-corrected chi connectivity index (χ0v) is 14.2. The van der Waals surface area contributed by atoms with Crippen molar-refractivity contribution in [2.45, 2.75) is 9.92 Å². The zero-order valence-electron chi connectivity index (χ0n) is 11.0. The molecule has 11 heteroatoms. The van der Waals surface area contributed by atoms with Crippen molar-refractivity contribution >= 4 is 41.5 Å². The molecule has 21 heavy (non-hydrogen) atoms. The molecule has 1 aromatic heterocycles. The lowest BCUT2D eigenvalue weighted by Crippen LogP contribution is -2.17. The van der Waals surface area contributed by atoms with E-state index in [-0.39, 0.29) is 20.2 Å². The van der Waals surface area contributed by atoms with Crippen LogP contribution in [0.15, 0.2) is 38.8 Å². The summed E-state index contributed by atoms with van der Waals surface area (Å²) in [6.07, 6.45) is 1.07. The minimum atomic E-state index is -3.89. The molecule has 114 valence electrons. The van der Waals surface area contributed by atoms with Crippen molar-refractivity contribution in [1.29, 1.82) is 0 Å². The summed E-state index contributed by atoms with van der Waals surface area (Å²) in [5.74, 6) is 0. The standard InChI is InChI=1S/C10H11BrN4O4S2/c1-15-10(9(11)12-14-15)21(18,19)13-7-3-5-8(6-4-7)20(2,16)17/h3-6,13H,1-2H3. The molecule has 2 rings (SSSR count). The third-order valence-electron chi connectivity index (χ3n) is 2.53. The van der Waals surface area contributed by atoms with Gasteiger partial charge in [0.25, 0.3) is 10.0 Å². The van der Waals surface area contributed by atoms with Gasteiger partial charge in [0.1, 0.15) is 0 Å². The van der Waals surface area contributed by atoms with Gasteiger partial charge >= 0.3 is 0 Å². The van der Waals surface area contributed by atoms with E-state index in [0.29, 0.717) is 0 Å². The Morgan fingerprint density at radius 3 is 2.14 bits per heavy atom. The number of nitrogens with one attached hydrogen (secondary N) is 1. The Morgan fingerprint density at radius 2 is 1.71 bits per heavy atom. The van der Waals surface area contributed by atoms with Crippen LogP contribution in [0.2, 0.25) is 0 Å². The Balaban J connectivity index is 2.34. The van der Waals surface area contributed by atoms with Crippen molar-refractivity contribution in [3.8, 4) is 0 Å². The maximum absolute atomic E-state index is 12.2. The van der Waals surface area contributed by atoms with Crippen LogP contribution >= 0.6 is 15.9 Å². The van der Waals surface area contributed by atoms with Crippen LogP contribution in [0.25, 0.3) is 0 Å². The van der Waals surface area contributed by atoms with Crippen molar-refractivity contribution in [2.24, 2.45) is 7.05 Å². The van der Waals surface area contributed by atoms with E-state index in [1.165, 1.54) is 31.3 Å². The van der Waals surface area contributed by atoms with E-state index < -0.39 is 19.9 Å². The van der Waals surface area contributed by atoms with Gasteiger partial charge < -0.3 is 0 Å². The highest BCUT2D eigenvalue weighted by atomic mass is 79.9. The van der Waals surface area contributed by atoms with Gasteiger partial charge in [-0.25, -0.2) is 13.1 Å². The van der Waals surface area contributed by atoms with Crippen LogP contribution in [0.4, 0.5) is 5.69 Å². The van der Waals surface area contributed by atoms with Crippen molar-refractivity contribution in [2.75, 3.05) is 11.0 Å². The molecule has 1 N–H and O–H groups in total. The minimum absolute atomic E-state index is 0.0882. The van der Waals surface area contributed by atoms with Crippen LogP contribution in [0.3, 0.4) is 0 Å². The van der Waals surface area contributed by atoms with E-state index in [4.69, 9.17) is 0 Å². The molecule has 0 bridgehead atoms. The van der Waals surface area contributed by atoms with Crippen LogP contribution in [-0.2, 0) is 26.9 Å². The molecule has 8 nitrogen and oxygen atoms in total. The lowest BCUT2D eigenvalue weighted by molar-refractivity contribution is 0.578. The van der Waals surface area contributed by atoms with E-state index in [1.54, 1.807) is 0 Å². The number of nitrogens with zero attached hydrogens (tertiary/aromatic N) is 3. The number of hydrogen-bond acceptors (Lipinski definition) is 6. The van der Waals surface area contributed by atoms with E-state index in [2.05, 4.69) is 31.0 Å². The van der Waals surface area contributed by atoms with Gasteiger partial charge in [-0.2, -0.15) is 8.42 Å². The molecule has 0 aliphatic heterocycles. The first-order valence-electron chi connectivity index (χ1n) is 5.49. The highest BCUT2D eigenvalue weighted by Gasteiger charge is 2.24. The Bertz CT molecular complexity index is 853. The quantitative estimate of drug-likeness (QED) is 0.819. The summed E-state index contributed by atoms with van der Waals surface area (Å²) in [4.78, 5) is 0.105. The first kappa shape index (κ1) is 15.9. The number of anilines is 1. The largest absolute Gasteiger partial charge is 0.281 e. The smallest absolute Gasteiger partial charge is 0.278 e. The highest BCUT2D eigenvalue weighted by molar-refractivity contribution is 9.10. The van der Waals surface area contributed by atoms with Crippen molar-refractivity contribution in [3.63, 3.8) is 0 Å². The lowest BCUT2D eigenvalue weighted by atomic mass is 10.3. The summed E-state index contributed by atoms with van der Waals surface area (Å²) in [6.45, 7) is 0. The third kappa shape index (κ3) is 3.41. The van der Waals surface area contributed by atoms with Gasteiger partial charge in [0.15, 0.2) is 14.4 Å². The second kappa shape index (κ2) is 5.39. The Hall–Kier alpha value is -1.46. The molecule has 0 aliphatic rings. The van der Waals surface area contributed by atoms with Gasteiger partial charge in [-0.1, -0.05) is 5.21 Å². The summed E-state index contributed by atoms with van der Waals surface area (Å²) in [5.41, 5.74) is 0.232. The van der Waals surface area contributed by atoms with E-state index in [9.17, 15) is 16.8 Å². The van der Waals surface area contributed by atoms with Crippen molar-refractivity contribution in [1.82, 2.24) is 15.0 Å². The first-order valence-corrected chi connectivity index (χ1v) is 9.66. The number of halogens is 1. The van der Waals surface area contributed by atoms with Crippen molar-refractivity contribution in [3.05, 3.63) is 28.9 Å². The van der Waals surface area contributed by atoms with Gasteiger partial charge in [0.05, 0.1) is 4.90 Å². The maximum Gasteiger partial charge on any atom is 0.281 e. The molecular formula is C10H11BrN4O4S2. The first-order chi connectivity index (χ1) is 9.61. The molecule has 0 radical (unpaired) electrons. The Labute approximate surface area is 130 Å². The molecule has 0 amide bonds. The van der Waals surface area contributed by atoms with Gasteiger partial charge in [-0.15, -0.1) is 5.10 Å². The molecule has 0 saturated carbocycles. The maximum atomic E-state index is 12.2. The summed E-state index contributed by atoms with van der Waals surface area (Å²) in [5, 5.41) is 7.06. The fourth-order valence-electron chi connectivity index (χ4n) is 1.58. The summed E-state index contributed by atoms with van der Waals surface area (Å²) < 4.78 is 50.7. The summed E-state index contributed by atoms with van der Waals surface area (Å²) in [6, 6.07) is 5.38. The van der Waals surface area contributed by atoms with E-state index >= 15 is 0 Å². The molecular weight excluding hydrogens is 384 g/mol. The summed E-state index contributed by atoms with van der Waals surface area (Å²) in [7, 11) is -5.77. The van der Waals surface area contributed by atoms with Gasteiger partial charge in [-0.05, 0) is 40.2 Å². The van der Waals surface area contributed by atoms with Crippen molar-refractivity contribution < 1.29 is 16.8 Å². The second-order valence-electron chi connectivity index (χ2n) is 4.21. The van der Waals surface area contributed by atoms with E-state index in [0.717, 1.165) is 10.9 Å². The monoisotopic (exact) mass is 394 g/mol. The highest BCUT2D eigenvalue weighted by Crippen LogP contribution is 2.22. The number of benzene rings is 1. The molecule has 0 fully saturated rings. The van der Waals surface area contributed by atoms with Gasteiger partial charge in [-0.3, -0.25) is 4.72 Å². The predicted molar refractivity (Wildman–Crippen MR) is 79.1 cm³/mol. The van der Waals surface area contributed by atoms with Crippen LogP contribution in [0.1, 0.15) is 0 Å². The number of sulfone groups is 1. The SMILES string of the molecule is Cn1nnc(Br)c1S(=O)(=O)Nc1ccc(S(C)(=O)=O)cc1. The number of sulfonamides is 1. The predicted octanol–water partition coefficient (Wildman–Crippen LogP) is 0.782. The third-order valence-corrected chi connectivity index (χ3v) is 5.92. The topological polar surface area (TPSA) is 111 Å². The fourth-order valence-corrected chi connectivity index (χ4v) is 4.37. The second-order valence-corrected chi connectivity index (χ2v) is 8.58. The molecule has 2 aromatic rings. The average molecular weight is 395 g/mol. The average Bonchev–Trinajstić information content (AvgIpc) is 2.68. The van der Waals surface area contributed by atoms with Gasteiger partial charge in [0.2, 0.25) is 5.03 Å². The van der Waals surface area contributed by atoms with Crippen LogP contribution < -0.4 is 4.72 Å². The zero-order chi connectivity index (χ0) is 15.8. The molecule has 0 saturated heterocycles. The Kier molecular flexibility index (Phi) is 4.08. The van der Waals surface area contributed by atoms with Crippen LogP contribution in [0, 0.1) is 0 Å². The van der Waals surface area contributed by atoms with Crippen LogP contribution in [-0.4, -0.2) is 38.1 Å². The normalized spacial score (nSPS) is 12.3. The lowest BCUT2D eigenvalue weighted by Gasteiger charge is -2.08. The number of aryl methyl sites for hydroxylation is 1. The molecule has 0 spiro atoms. The molecule has 0 atom stereocenters. The summed E-state index contributed by atoms with van der Waals surface area (Å²) >= 11 is 3.01. The minimum Gasteiger partial charge on any atom is -0.278 e. The number of hydrogen-bond donors (Lipinski definition) is 1. The Morgan fingerprint density at radius 1 is 1.14 bits per heavy atom. The van der Waals surface area contributed by atoms with E-state index in [1.807, 2.05) is 0 Å². The number of rotatable bonds is 4. The molecule has 0 unspecified atom stereocenters.